The summed E-state index contributed by atoms with van der Waals surface area (Å²) in [5, 5.41) is 9.20. The molecule has 0 bridgehead atoms. The minimum Gasteiger partial charge on any atom is -0.481 e. The minimum absolute atomic E-state index is 0.0147. The fraction of sp³-hybridized carbons (Fsp3) is 0.167. The molecule has 0 radical (unpaired) electrons. The summed E-state index contributed by atoms with van der Waals surface area (Å²) in [7, 11) is 0. The molecule has 0 unspecified atom stereocenters. The summed E-state index contributed by atoms with van der Waals surface area (Å²) in [6.45, 7) is 2.03. The molecule has 88 valence electrons. The quantitative estimate of drug-likeness (QED) is 0.816. The van der Waals surface area contributed by atoms with Crippen molar-refractivity contribution < 1.29 is 9.90 Å². The molecule has 2 N–H and O–H groups in total. The van der Waals surface area contributed by atoms with E-state index < -0.39 is 5.97 Å². The fourth-order valence-corrected chi connectivity index (χ4v) is 2.04. The van der Waals surface area contributed by atoms with Crippen LogP contribution in [0.3, 0.4) is 0 Å². The monoisotopic (exact) mass is 248 g/mol. The number of H-pyrrole nitrogens is 1. The van der Waals surface area contributed by atoms with Crippen LogP contribution >= 0.6 is 11.8 Å². The topological polar surface area (TPSA) is 66.0 Å². The summed E-state index contributed by atoms with van der Waals surface area (Å²) in [5.41, 5.74) is 3.14. The zero-order valence-electron chi connectivity index (χ0n) is 9.30. The SMILES string of the molecule is Cc1cccc(-c2cnc(SCC(=O)O)[nH]2)c1. The number of aliphatic carboxylic acids is 1. The summed E-state index contributed by atoms with van der Waals surface area (Å²) in [6, 6.07) is 8.06. The van der Waals surface area contributed by atoms with Crippen LogP contribution in [0.2, 0.25) is 0 Å². The molecule has 0 fully saturated rings. The van der Waals surface area contributed by atoms with Crippen LogP contribution in [0.5, 0.6) is 0 Å². The molecular formula is C12H12N2O2S. The number of nitrogens with zero attached hydrogens (tertiary/aromatic N) is 1. The molecule has 4 nitrogen and oxygen atoms in total. The van der Waals surface area contributed by atoms with Crippen molar-refractivity contribution in [3.05, 3.63) is 36.0 Å². The molecule has 5 heteroatoms. The standard InChI is InChI=1S/C12H12N2O2S/c1-8-3-2-4-9(5-8)10-6-13-12(14-10)17-7-11(15)16/h2-6H,7H2,1H3,(H,13,14)(H,15,16). The van der Waals surface area contributed by atoms with Gasteiger partial charge in [-0.15, -0.1) is 0 Å². The Morgan fingerprint density at radius 3 is 3.06 bits per heavy atom. The highest BCUT2D eigenvalue weighted by Crippen LogP contribution is 2.21. The van der Waals surface area contributed by atoms with Gasteiger partial charge in [0, 0.05) is 0 Å². The molecule has 0 spiro atoms. The molecule has 0 atom stereocenters. The van der Waals surface area contributed by atoms with Crippen molar-refractivity contribution in [1.82, 2.24) is 9.97 Å². The molecule has 1 aromatic carbocycles. The van der Waals surface area contributed by atoms with Gasteiger partial charge in [0.1, 0.15) is 0 Å². The van der Waals surface area contributed by atoms with Gasteiger partial charge in [0.05, 0.1) is 17.6 Å². The van der Waals surface area contributed by atoms with Gasteiger partial charge in [0.25, 0.3) is 0 Å². The number of carboxylic acid groups (broad SMARTS) is 1. The molecule has 0 amide bonds. The zero-order valence-corrected chi connectivity index (χ0v) is 10.1. The lowest BCUT2D eigenvalue weighted by molar-refractivity contribution is -0.133. The summed E-state index contributed by atoms with van der Waals surface area (Å²) in [6.07, 6.45) is 1.72. The molecule has 17 heavy (non-hydrogen) atoms. The van der Waals surface area contributed by atoms with Gasteiger partial charge in [-0.1, -0.05) is 35.5 Å². The van der Waals surface area contributed by atoms with E-state index in [1.165, 1.54) is 17.3 Å². The number of aromatic nitrogens is 2. The van der Waals surface area contributed by atoms with E-state index in [-0.39, 0.29) is 5.75 Å². The number of rotatable bonds is 4. The van der Waals surface area contributed by atoms with E-state index in [1.54, 1.807) is 6.20 Å². The lowest BCUT2D eigenvalue weighted by atomic mass is 10.1. The molecule has 0 saturated carbocycles. The van der Waals surface area contributed by atoms with E-state index >= 15 is 0 Å². The molecule has 1 aromatic heterocycles. The smallest absolute Gasteiger partial charge is 0.313 e. The third kappa shape index (κ3) is 3.10. The average molecular weight is 248 g/mol. The molecule has 0 saturated heterocycles. The number of imidazole rings is 1. The number of aryl methyl sites for hydroxylation is 1. The van der Waals surface area contributed by atoms with Gasteiger partial charge in [-0.2, -0.15) is 0 Å². The van der Waals surface area contributed by atoms with Crippen molar-refractivity contribution in [2.75, 3.05) is 5.75 Å². The van der Waals surface area contributed by atoms with Gasteiger partial charge in [-0.05, 0) is 18.6 Å². The first-order chi connectivity index (χ1) is 8.15. The van der Waals surface area contributed by atoms with E-state index in [0.717, 1.165) is 11.3 Å². The first-order valence-electron chi connectivity index (χ1n) is 5.12. The van der Waals surface area contributed by atoms with Crippen molar-refractivity contribution in [3.63, 3.8) is 0 Å². The molecule has 0 aliphatic carbocycles. The molecule has 1 heterocycles. The normalized spacial score (nSPS) is 10.4. The lowest BCUT2D eigenvalue weighted by Gasteiger charge is -1.98. The van der Waals surface area contributed by atoms with Gasteiger partial charge in [0.2, 0.25) is 0 Å². The van der Waals surface area contributed by atoms with Crippen LogP contribution in [0, 0.1) is 6.92 Å². The van der Waals surface area contributed by atoms with E-state index in [0.29, 0.717) is 5.16 Å². The van der Waals surface area contributed by atoms with Gasteiger partial charge >= 0.3 is 5.97 Å². The summed E-state index contributed by atoms with van der Waals surface area (Å²) in [5.74, 6) is -0.829. The Hall–Kier alpha value is -1.75. The Balaban J connectivity index is 2.15. The maximum absolute atomic E-state index is 10.4. The Morgan fingerprint density at radius 2 is 2.35 bits per heavy atom. The van der Waals surface area contributed by atoms with Gasteiger partial charge in [0.15, 0.2) is 5.16 Å². The molecule has 2 aromatic rings. The number of hydrogen-bond donors (Lipinski definition) is 2. The van der Waals surface area contributed by atoms with Crippen molar-refractivity contribution in [1.29, 1.82) is 0 Å². The fourth-order valence-electron chi connectivity index (χ4n) is 1.47. The zero-order chi connectivity index (χ0) is 12.3. The number of aromatic amines is 1. The maximum atomic E-state index is 10.4. The Morgan fingerprint density at radius 1 is 1.53 bits per heavy atom. The second kappa shape index (κ2) is 5.05. The van der Waals surface area contributed by atoms with Crippen LogP contribution in [0.25, 0.3) is 11.3 Å². The van der Waals surface area contributed by atoms with E-state index in [4.69, 9.17) is 5.11 Å². The van der Waals surface area contributed by atoms with Crippen molar-refractivity contribution in [3.8, 4) is 11.3 Å². The number of benzene rings is 1. The Labute approximate surface area is 103 Å². The number of thioether (sulfide) groups is 1. The maximum Gasteiger partial charge on any atom is 0.313 e. The van der Waals surface area contributed by atoms with Crippen LogP contribution in [0.15, 0.2) is 35.6 Å². The van der Waals surface area contributed by atoms with Crippen LogP contribution in [-0.2, 0) is 4.79 Å². The second-order valence-electron chi connectivity index (χ2n) is 3.65. The highest BCUT2D eigenvalue weighted by molar-refractivity contribution is 7.99. The third-order valence-electron chi connectivity index (χ3n) is 2.21. The van der Waals surface area contributed by atoms with Gasteiger partial charge in [-0.25, -0.2) is 4.98 Å². The van der Waals surface area contributed by atoms with Crippen molar-refractivity contribution in [2.24, 2.45) is 0 Å². The molecular weight excluding hydrogens is 236 g/mol. The van der Waals surface area contributed by atoms with Gasteiger partial charge in [-0.3, -0.25) is 4.79 Å². The molecule has 0 aliphatic heterocycles. The highest BCUT2D eigenvalue weighted by Gasteiger charge is 2.05. The van der Waals surface area contributed by atoms with Crippen LogP contribution in [0.1, 0.15) is 5.56 Å². The Kier molecular flexibility index (Phi) is 3.49. The molecule has 0 aliphatic rings. The third-order valence-corrected chi connectivity index (χ3v) is 3.09. The summed E-state index contributed by atoms with van der Waals surface area (Å²) in [4.78, 5) is 17.7. The number of nitrogens with one attached hydrogen (secondary N) is 1. The molecule has 2 rings (SSSR count). The predicted molar refractivity (Wildman–Crippen MR) is 67.1 cm³/mol. The number of carboxylic acids is 1. The van der Waals surface area contributed by atoms with Crippen LogP contribution < -0.4 is 0 Å². The largest absolute Gasteiger partial charge is 0.481 e. The number of hydrogen-bond acceptors (Lipinski definition) is 3. The van der Waals surface area contributed by atoms with Gasteiger partial charge < -0.3 is 10.1 Å². The lowest BCUT2D eigenvalue weighted by Crippen LogP contribution is -1.97. The summed E-state index contributed by atoms with van der Waals surface area (Å²) >= 11 is 1.18. The Bertz CT molecular complexity index is 537. The second-order valence-corrected chi connectivity index (χ2v) is 4.62. The first-order valence-corrected chi connectivity index (χ1v) is 6.10. The predicted octanol–water partition coefficient (Wildman–Crippen LogP) is 2.56. The summed E-state index contributed by atoms with van der Waals surface area (Å²) < 4.78 is 0. The van der Waals surface area contributed by atoms with Crippen molar-refractivity contribution in [2.45, 2.75) is 12.1 Å². The number of carbonyl (C=O) groups is 1. The highest BCUT2D eigenvalue weighted by atomic mass is 32.2. The van der Waals surface area contributed by atoms with Crippen LogP contribution in [-0.4, -0.2) is 26.8 Å². The first kappa shape index (κ1) is 11.7. The van der Waals surface area contributed by atoms with E-state index in [9.17, 15) is 4.79 Å². The van der Waals surface area contributed by atoms with E-state index in [2.05, 4.69) is 16.0 Å². The van der Waals surface area contributed by atoms with Crippen molar-refractivity contribution >= 4 is 17.7 Å². The van der Waals surface area contributed by atoms with Crippen LogP contribution in [0.4, 0.5) is 0 Å². The average Bonchev–Trinajstić information content (AvgIpc) is 2.75. The van der Waals surface area contributed by atoms with E-state index in [1.807, 2.05) is 25.1 Å². The minimum atomic E-state index is -0.844.